The van der Waals surface area contributed by atoms with E-state index in [4.69, 9.17) is 0 Å². The van der Waals surface area contributed by atoms with Gasteiger partial charge in [0.25, 0.3) is 0 Å². The lowest BCUT2D eigenvalue weighted by Gasteiger charge is -2.09. The summed E-state index contributed by atoms with van der Waals surface area (Å²) in [7, 11) is 0. The predicted octanol–water partition coefficient (Wildman–Crippen LogP) is 3.05. The number of hydrogen-bond acceptors (Lipinski definition) is 3. The molecule has 0 radical (unpaired) electrons. The van der Waals surface area contributed by atoms with Crippen LogP contribution in [-0.4, -0.2) is 31.3 Å². The molecule has 0 aromatic heterocycles. The Hall–Kier alpha value is -0.520. The first-order chi connectivity index (χ1) is 9.75. The van der Waals surface area contributed by atoms with Crippen LogP contribution in [0.15, 0.2) is 33.6 Å². The number of carbonyl (C=O) groups is 1. The summed E-state index contributed by atoms with van der Waals surface area (Å²) in [6.45, 7) is 3.04. The Balaban J connectivity index is 1.57. The van der Waals surface area contributed by atoms with Crippen molar-refractivity contribution in [3.05, 3.63) is 28.7 Å². The van der Waals surface area contributed by atoms with Crippen LogP contribution in [0.4, 0.5) is 0 Å². The summed E-state index contributed by atoms with van der Waals surface area (Å²) in [5, 5.41) is 6.37. The quantitative estimate of drug-likeness (QED) is 0.737. The predicted molar refractivity (Wildman–Crippen MR) is 88.1 cm³/mol. The van der Waals surface area contributed by atoms with Gasteiger partial charge >= 0.3 is 0 Å². The van der Waals surface area contributed by atoms with Crippen LogP contribution < -0.4 is 10.6 Å². The highest BCUT2D eigenvalue weighted by molar-refractivity contribution is 9.10. The highest BCUT2D eigenvalue weighted by Crippen LogP contribution is 2.27. The number of thioether (sulfide) groups is 1. The van der Waals surface area contributed by atoms with E-state index in [1.54, 1.807) is 11.8 Å². The second-order valence-corrected chi connectivity index (χ2v) is 7.02. The molecular weight excluding hydrogens is 336 g/mol. The van der Waals surface area contributed by atoms with Gasteiger partial charge in [-0.15, -0.1) is 11.8 Å². The monoisotopic (exact) mass is 356 g/mol. The van der Waals surface area contributed by atoms with Crippen molar-refractivity contribution in [1.29, 1.82) is 0 Å². The first-order valence-corrected chi connectivity index (χ1v) is 8.88. The average Bonchev–Trinajstić information content (AvgIpc) is 2.94. The molecule has 1 atom stereocenters. The van der Waals surface area contributed by atoms with E-state index in [0.29, 0.717) is 6.42 Å². The largest absolute Gasteiger partial charge is 0.356 e. The first-order valence-electron chi connectivity index (χ1n) is 7.10. The molecule has 1 amide bonds. The molecule has 1 aliphatic heterocycles. The standard InChI is InChI=1S/C15H21BrN2OS/c16-13-3-1-2-4-14(13)20-10-7-15(19)18-9-6-12-5-8-17-11-12/h1-4,12,17H,5-11H2,(H,18,19). The minimum atomic E-state index is 0.163. The molecule has 1 fully saturated rings. The number of rotatable bonds is 7. The van der Waals surface area contributed by atoms with Gasteiger partial charge in [-0.25, -0.2) is 0 Å². The summed E-state index contributed by atoms with van der Waals surface area (Å²) in [5.74, 6) is 1.72. The zero-order chi connectivity index (χ0) is 14.2. The molecule has 1 heterocycles. The molecule has 2 N–H and O–H groups in total. The van der Waals surface area contributed by atoms with Crippen molar-refractivity contribution < 1.29 is 4.79 Å². The summed E-state index contributed by atoms with van der Waals surface area (Å²) in [6.07, 6.45) is 2.92. The lowest BCUT2D eigenvalue weighted by Crippen LogP contribution is -2.26. The zero-order valence-corrected chi connectivity index (χ0v) is 13.9. The van der Waals surface area contributed by atoms with Crippen molar-refractivity contribution in [2.45, 2.75) is 24.2 Å². The normalized spacial score (nSPS) is 18.1. The summed E-state index contributed by atoms with van der Waals surface area (Å²) < 4.78 is 1.10. The van der Waals surface area contributed by atoms with Gasteiger partial charge in [0.2, 0.25) is 5.91 Å². The SMILES string of the molecule is O=C(CCSc1ccccc1Br)NCCC1CCNC1. The Bertz CT molecular complexity index is 436. The van der Waals surface area contributed by atoms with Gasteiger partial charge in [0.15, 0.2) is 0 Å². The first kappa shape index (κ1) is 15.9. The van der Waals surface area contributed by atoms with E-state index in [1.165, 1.54) is 11.3 Å². The molecule has 1 unspecified atom stereocenters. The summed E-state index contributed by atoms with van der Waals surface area (Å²) in [6, 6.07) is 8.11. The van der Waals surface area contributed by atoms with Crippen molar-refractivity contribution in [1.82, 2.24) is 10.6 Å². The molecule has 1 aromatic rings. The lowest BCUT2D eigenvalue weighted by atomic mass is 10.1. The Morgan fingerprint density at radius 2 is 2.30 bits per heavy atom. The highest BCUT2D eigenvalue weighted by Gasteiger charge is 2.14. The zero-order valence-electron chi connectivity index (χ0n) is 11.5. The van der Waals surface area contributed by atoms with Crippen LogP contribution >= 0.6 is 27.7 Å². The van der Waals surface area contributed by atoms with E-state index in [9.17, 15) is 4.79 Å². The topological polar surface area (TPSA) is 41.1 Å². The molecule has 0 aliphatic carbocycles. The fourth-order valence-corrected chi connectivity index (χ4v) is 3.80. The maximum atomic E-state index is 11.7. The Kier molecular flexibility index (Phi) is 6.90. The molecule has 3 nitrogen and oxygen atoms in total. The molecule has 0 saturated carbocycles. The van der Waals surface area contributed by atoms with Crippen molar-refractivity contribution in [3.8, 4) is 0 Å². The van der Waals surface area contributed by atoms with Crippen LogP contribution in [0.25, 0.3) is 0 Å². The van der Waals surface area contributed by atoms with Crippen molar-refractivity contribution in [2.24, 2.45) is 5.92 Å². The van der Waals surface area contributed by atoms with Crippen molar-refractivity contribution in [2.75, 3.05) is 25.4 Å². The molecule has 110 valence electrons. The third-order valence-corrected chi connectivity index (χ3v) is 5.49. The van der Waals surface area contributed by atoms with Crippen LogP contribution in [0.2, 0.25) is 0 Å². The second kappa shape index (κ2) is 8.70. The van der Waals surface area contributed by atoms with Crippen molar-refractivity contribution in [3.63, 3.8) is 0 Å². The van der Waals surface area contributed by atoms with Gasteiger partial charge in [-0.05, 0) is 59.9 Å². The van der Waals surface area contributed by atoms with Crippen LogP contribution in [0, 0.1) is 5.92 Å². The Labute approximate surface area is 133 Å². The third-order valence-electron chi connectivity index (χ3n) is 3.46. The average molecular weight is 357 g/mol. The van der Waals surface area contributed by atoms with Gasteiger partial charge in [-0.2, -0.15) is 0 Å². The lowest BCUT2D eigenvalue weighted by molar-refractivity contribution is -0.120. The van der Waals surface area contributed by atoms with E-state index >= 15 is 0 Å². The number of hydrogen-bond donors (Lipinski definition) is 2. The van der Waals surface area contributed by atoms with Crippen LogP contribution in [-0.2, 0) is 4.79 Å². The Morgan fingerprint density at radius 1 is 1.45 bits per heavy atom. The van der Waals surface area contributed by atoms with Gasteiger partial charge in [0.05, 0.1) is 0 Å². The molecule has 1 aromatic carbocycles. The third kappa shape index (κ3) is 5.46. The van der Waals surface area contributed by atoms with Crippen molar-refractivity contribution >= 4 is 33.6 Å². The summed E-state index contributed by atoms with van der Waals surface area (Å²) in [4.78, 5) is 12.9. The smallest absolute Gasteiger partial charge is 0.220 e. The molecular formula is C15H21BrN2OS. The van der Waals surface area contributed by atoms with Gasteiger partial charge in [0.1, 0.15) is 0 Å². The maximum Gasteiger partial charge on any atom is 0.220 e. The molecule has 0 spiro atoms. The Morgan fingerprint density at radius 3 is 3.05 bits per heavy atom. The number of benzene rings is 1. The van der Waals surface area contributed by atoms with Gasteiger partial charge < -0.3 is 10.6 Å². The van der Waals surface area contributed by atoms with Gasteiger partial charge in [0, 0.05) is 28.1 Å². The van der Waals surface area contributed by atoms with E-state index < -0.39 is 0 Å². The minimum Gasteiger partial charge on any atom is -0.356 e. The van der Waals surface area contributed by atoms with Gasteiger partial charge in [-0.1, -0.05) is 12.1 Å². The van der Waals surface area contributed by atoms with Crippen LogP contribution in [0.5, 0.6) is 0 Å². The summed E-state index contributed by atoms with van der Waals surface area (Å²) >= 11 is 5.23. The number of amides is 1. The number of nitrogens with one attached hydrogen (secondary N) is 2. The molecule has 1 saturated heterocycles. The molecule has 0 bridgehead atoms. The van der Waals surface area contributed by atoms with E-state index in [0.717, 1.165) is 42.2 Å². The molecule has 1 aliphatic rings. The number of halogens is 1. The van der Waals surface area contributed by atoms with Crippen LogP contribution in [0.1, 0.15) is 19.3 Å². The fraction of sp³-hybridized carbons (Fsp3) is 0.533. The number of carbonyl (C=O) groups excluding carboxylic acids is 1. The van der Waals surface area contributed by atoms with E-state index in [2.05, 4.69) is 32.6 Å². The maximum absolute atomic E-state index is 11.7. The second-order valence-electron chi connectivity index (χ2n) is 5.03. The molecule has 20 heavy (non-hydrogen) atoms. The van der Waals surface area contributed by atoms with E-state index in [-0.39, 0.29) is 5.91 Å². The summed E-state index contributed by atoms with van der Waals surface area (Å²) in [5.41, 5.74) is 0. The fourth-order valence-electron chi connectivity index (χ4n) is 2.28. The van der Waals surface area contributed by atoms with E-state index in [1.807, 2.05) is 18.2 Å². The van der Waals surface area contributed by atoms with Gasteiger partial charge in [-0.3, -0.25) is 4.79 Å². The molecule has 2 rings (SSSR count). The highest BCUT2D eigenvalue weighted by atomic mass is 79.9. The van der Waals surface area contributed by atoms with Crippen LogP contribution in [0.3, 0.4) is 0 Å². The molecule has 5 heteroatoms. The minimum absolute atomic E-state index is 0.163.